The van der Waals surface area contributed by atoms with Crippen LogP contribution in [0.15, 0.2) is 30.6 Å². The molecule has 0 radical (unpaired) electrons. The van der Waals surface area contributed by atoms with Gasteiger partial charge in [-0.1, -0.05) is 26.0 Å². The van der Waals surface area contributed by atoms with Gasteiger partial charge in [-0.2, -0.15) is 0 Å². The van der Waals surface area contributed by atoms with Gasteiger partial charge in [0.15, 0.2) is 0 Å². The Bertz CT molecular complexity index is 830. The van der Waals surface area contributed by atoms with Crippen molar-refractivity contribution in [1.29, 1.82) is 0 Å². The summed E-state index contributed by atoms with van der Waals surface area (Å²) in [4.78, 5) is 13.9. The van der Waals surface area contributed by atoms with Gasteiger partial charge < -0.3 is 14.4 Å². The van der Waals surface area contributed by atoms with Crippen LogP contribution in [0.25, 0.3) is 11.3 Å². The summed E-state index contributed by atoms with van der Waals surface area (Å²) in [7, 11) is 3.35. The summed E-state index contributed by atoms with van der Waals surface area (Å²) in [6.45, 7) is 14.9. The minimum absolute atomic E-state index is 0.00546. The van der Waals surface area contributed by atoms with E-state index in [4.69, 9.17) is 9.47 Å². The topological polar surface area (TPSA) is 50.7 Å². The molecule has 0 unspecified atom stereocenters. The van der Waals surface area contributed by atoms with Gasteiger partial charge in [-0.25, -0.2) is 9.97 Å². The van der Waals surface area contributed by atoms with Crippen LogP contribution in [0.1, 0.15) is 39.7 Å². The largest absolute Gasteiger partial charge is 0.496 e. The van der Waals surface area contributed by atoms with Crippen LogP contribution in [0, 0.1) is 0 Å². The molecule has 1 saturated heterocycles. The lowest BCUT2D eigenvalue weighted by Crippen LogP contribution is -2.49. The van der Waals surface area contributed by atoms with Crippen LogP contribution in [0.3, 0.4) is 0 Å². The van der Waals surface area contributed by atoms with Gasteiger partial charge in [-0.15, -0.1) is 0 Å². The number of ether oxygens (including phenoxy) is 2. The fraction of sp³-hybridized carbons (Fsp3) is 0.583. The van der Waals surface area contributed by atoms with E-state index in [-0.39, 0.29) is 5.41 Å². The molecule has 1 aliphatic rings. The van der Waals surface area contributed by atoms with Gasteiger partial charge in [0.05, 0.1) is 14.2 Å². The van der Waals surface area contributed by atoms with E-state index in [1.807, 2.05) is 6.07 Å². The highest BCUT2D eigenvalue weighted by atomic mass is 16.5. The van der Waals surface area contributed by atoms with Crippen molar-refractivity contribution in [2.75, 3.05) is 46.9 Å². The van der Waals surface area contributed by atoms with Crippen molar-refractivity contribution >= 4 is 0 Å². The van der Waals surface area contributed by atoms with Crippen LogP contribution in [-0.4, -0.2) is 72.8 Å². The van der Waals surface area contributed by atoms with Crippen LogP contribution in [0.5, 0.6) is 11.6 Å². The molecule has 0 N–H and O–H groups in total. The second kappa shape index (κ2) is 9.75. The summed E-state index contributed by atoms with van der Waals surface area (Å²) in [5.74, 6) is 1.40. The summed E-state index contributed by atoms with van der Waals surface area (Å²) in [6, 6.07) is 6.94. The molecule has 0 amide bonds. The SMILES string of the molecule is COc1cc(-c2nccnc2OC)ccc1C(C)(C)CCN1CCN(C(C)C)CC1. The Morgan fingerprint density at radius 1 is 1.00 bits per heavy atom. The lowest BCUT2D eigenvalue weighted by Gasteiger charge is -2.38. The maximum absolute atomic E-state index is 5.79. The van der Waals surface area contributed by atoms with Crippen molar-refractivity contribution in [1.82, 2.24) is 19.8 Å². The summed E-state index contributed by atoms with van der Waals surface area (Å²) in [5.41, 5.74) is 2.90. The van der Waals surface area contributed by atoms with Gasteiger partial charge in [0, 0.05) is 50.2 Å². The lowest BCUT2D eigenvalue weighted by atomic mass is 9.80. The third-order valence-electron chi connectivity index (χ3n) is 6.25. The highest BCUT2D eigenvalue weighted by Crippen LogP contribution is 2.38. The van der Waals surface area contributed by atoms with Gasteiger partial charge in [0.25, 0.3) is 0 Å². The Morgan fingerprint density at radius 3 is 2.33 bits per heavy atom. The normalized spacial score (nSPS) is 16.1. The smallest absolute Gasteiger partial charge is 0.240 e. The third-order valence-corrected chi connectivity index (χ3v) is 6.25. The quantitative estimate of drug-likeness (QED) is 0.656. The number of hydrogen-bond donors (Lipinski definition) is 0. The Labute approximate surface area is 181 Å². The minimum Gasteiger partial charge on any atom is -0.496 e. The molecular formula is C24H36N4O2. The maximum Gasteiger partial charge on any atom is 0.240 e. The fourth-order valence-electron chi connectivity index (χ4n) is 4.15. The van der Waals surface area contributed by atoms with Crippen molar-refractivity contribution in [3.63, 3.8) is 0 Å². The zero-order chi connectivity index (χ0) is 21.7. The molecule has 0 bridgehead atoms. The van der Waals surface area contributed by atoms with E-state index in [1.54, 1.807) is 26.6 Å². The molecule has 2 heterocycles. The highest BCUT2D eigenvalue weighted by Gasteiger charge is 2.27. The second-order valence-electron chi connectivity index (χ2n) is 8.93. The van der Waals surface area contributed by atoms with Crippen LogP contribution in [-0.2, 0) is 5.41 Å². The maximum atomic E-state index is 5.79. The first-order chi connectivity index (χ1) is 14.4. The van der Waals surface area contributed by atoms with Crippen LogP contribution in [0.4, 0.5) is 0 Å². The zero-order valence-electron chi connectivity index (χ0n) is 19.3. The molecule has 3 rings (SSSR count). The van der Waals surface area contributed by atoms with E-state index < -0.39 is 0 Å². The molecular weight excluding hydrogens is 376 g/mol. The number of hydrogen-bond acceptors (Lipinski definition) is 6. The van der Waals surface area contributed by atoms with Crippen molar-refractivity contribution in [2.45, 2.75) is 45.6 Å². The molecule has 30 heavy (non-hydrogen) atoms. The van der Waals surface area contributed by atoms with E-state index in [2.05, 4.69) is 59.6 Å². The number of rotatable bonds is 8. The van der Waals surface area contributed by atoms with E-state index >= 15 is 0 Å². The fourth-order valence-corrected chi connectivity index (χ4v) is 4.15. The first kappa shape index (κ1) is 22.5. The number of aromatic nitrogens is 2. The summed E-state index contributed by atoms with van der Waals surface area (Å²) < 4.78 is 11.2. The first-order valence-corrected chi connectivity index (χ1v) is 10.9. The van der Waals surface area contributed by atoms with Crippen molar-refractivity contribution < 1.29 is 9.47 Å². The molecule has 1 aromatic carbocycles. The van der Waals surface area contributed by atoms with E-state index in [9.17, 15) is 0 Å². The van der Waals surface area contributed by atoms with Gasteiger partial charge in [0.1, 0.15) is 11.4 Å². The predicted molar refractivity (Wildman–Crippen MR) is 121 cm³/mol. The van der Waals surface area contributed by atoms with Gasteiger partial charge in [-0.3, -0.25) is 4.90 Å². The summed E-state index contributed by atoms with van der Waals surface area (Å²) >= 11 is 0. The summed E-state index contributed by atoms with van der Waals surface area (Å²) in [6.07, 6.45) is 4.40. The Hall–Kier alpha value is -2.18. The van der Waals surface area contributed by atoms with Gasteiger partial charge in [-0.05, 0) is 43.9 Å². The third kappa shape index (κ3) is 5.10. The van der Waals surface area contributed by atoms with Crippen molar-refractivity contribution in [3.8, 4) is 22.9 Å². The number of methoxy groups -OCH3 is 2. The van der Waals surface area contributed by atoms with Crippen LogP contribution >= 0.6 is 0 Å². The Balaban J connectivity index is 1.72. The monoisotopic (exact) mass is 412 g/mol. The standard InChI is InChI=1S/C24H36N4O2/c1-18(2)28-15-13-27(14-16-28)12-9-24(3,4)20-8-7-19(17-21(20)29-5)22-23(30-6)26-11-10-25-22/h7-8,10-11,17-18H,9,12-16H2,1-6H3. The number of piperazine rings is 1. The molecule has 0 spiro atoms. The van der Waals surface area contributed by atoms with Crippen molar-refractivity contribution in [2.24, 2.45) is 0 Å². The molecule has 6 nitrogen and oxygen atoms in total. The average molecular weight is 413 g/mol. The molecule has 1 aliphatic heterocycles. The van der Waals surface area contributed by atoms with E-state index in [1.165, 1.54) is 5.56 Å². The van der Waals surface area contributed by atoms with Crippen LogP contribution < -0.4 is 9.47 Å². The minimum atomic E-state index is 0.00546. The molecule has 0 atom stereocenters. The molecule has 0 aliphatic carbocycles. The zero-order valence-corrected chi connectivity index (χ0v) is 19.3. The molecule has 164 valence electrons. The van der Waals surface area contributed by atoms with Crippen LogP contribution in [0.2, 0.25) is 0 Å². The van der Waals surface area contributed by atoms with Gasteiger partial charge in [0.2, 0.25) is 5.88 Å². The number of benzene rings is 1. The van der Waals surface area contributed by atoms with E-state index in [0.29, 0.717) is 11.9 Å². The van der Waals surface area contributed by atoms with Crippen molar-refractivity contribution in [3.05, 3.63) is 36.2 Å². The summed E-state index contributed by atoms with van der Waals surface area (Å²) in [5, 5.41) is 0. The number of nitrogens with zero attached hydrogens (tertiary/aromatic N) is 4. The second-order valence-corrected chi connectivity index (χ2v) is 8.93. The first-order valence-electron chi connectivity index (χ1n) is 10.9. The average Bonchev–Trinajstić information content (AvgIpc) is 2.77. The molecule has 6 heteroatoms. The Morgan fingerprint density at radius 2 is 1.70 bits per heavy atom. The van der Waals surface area contributed by atoms with E-state index in [0.717, 1.165) is 56.2 Å². The molecule has 0 saturated carbocycles. The van der Waals surface area contributed by atoms with Gasteiger partial charge >= 0.3 is 0 Å². The lowest BCUT2D eigenvalue weighted by molar-refractivity contribution is 0.103. The molecule has 1 fully saturated rings. The predicted octanol–water partition coefficient (Wildman–Crippen LogP) is 3.85. The molecule has 1 aromatic heterocycles. The molecule has 2 aromatic rings. The highest BCUT2D eigenvalue weighted by molar-refractivity contribution is 5.67. The Kier molecular flexibility index (Phi) is 7.32.